The molecule has 1 heterocycles. The summed E-state index contributed by atoms with van der Waals surface area (Å²) in [5, 5.41) is 0. The van der Waals surface area contributed by atoms with Crippen molar-refractivity contribution in [1.29, 1.82) is 0 Å². The number of hydrogen-bond acceptors (Lipinski definition) is 4. The molecule has 0 radical (unpaired) electrons. The fraction of sp³-hybridized carbons (Fsp3) is 0.760. The lowest BCUT2D eigenvalue weighted by molar-refractivity contribution is -0.154. The summed E-state index contributed by atoms with van der Waals surface area (Å²) >= 11 is 0. The molecular formula is C25H38O5S. The number of hydrogen-bond donors (Lipinski definition) is 1. The van der Waals surface area contributed by atoms with Gasteiger partial charge >= 0.3 is 10.4 Å². The molecule has 3 saturated carbocycles. The maximum Gasteiger partial charge on any atom is 0.445 e. The molecule has 0 spiro atoms. The Kier molecular flexibility index (Phi) is 5.87. The van der Waals surface area contributed by atoms with Crippen molar-refractivity contribution < 1.29 is 21.6 Å². The van der Waals surface area contributed by atoms with Crippen LogP contribution in [0.25, 0.3) is 0 Å². The fourth-order valence-corrected chi connectivity index (χ4v) is 8.44. The van der Waals surface area contributed by atoms with Gasteiger partial charge in [0.1, 0.15) is 6.26 Å². The Hall–Kier alpha value is -1.27. The summed E-state index contributed by atoms with van der Waals surface area (Å²) in [4.78, 5) is 0. The lowest BCUT2D eigenvalue weighted by atomic mass is 9.39. The monoisotopic (exact) mass is 450 g/mol. The molecule has 5 nitrogen and oxygen atoms in total. The number of rotatable bonds is 5. The van der Waals surface area contributed by atoms with Gasteiger partial charge in [-0.1, -0.05) is 34.1 Å². The van der Waals surface area contributed by atoms with Crippen LogP contribution in [0.15, 0.2) is 34.8 Å². The number of allylic oxidation sites excluding steroid dienone is 1. The van der Waals surface area contributed by atoms with Crippen LogP contribution in [0.4, 0.5) is 0 Å². The second-order valence-electron chi connectivity index (χ2n) is 11.5. The van der Waals surface area contributed by atoms with E-state index in [9.17, 15) is 8.42 Å². The normalized spacial score (nSPS) is 39.0. The number of furan rings is 1. The molecule has 0 amide bonds. The minimum absolute atomic E-state index is 0.0923. The molecule has 3 aliphatic carbocycles. The average molecular weight is 451 g/mol. The summed E-state index contributed by atoms with van der Waals surface area (Å²) in [6, 6.07) is 2.00. The Morgan fingerprint density at radius 3 is 2.58 bits per heavy atom. The zero-order valence-corrected chi connectivity index (χ0v) is 20.2. The molecule has 1 aromatic heterocycles. The lowest BCUT2D eigenvalue weighted by Gasteiger charge is -2.66. The molecule has 6 heteroatoms. The maximum absolute atomic E-state index is 11.3. The quantitative estimate of drug-likeness (QED) is 0.405. The molecular weight excluding hydrogens is 412 g/mol. The van der Waals surface area contributed by atoms with Crippen LogP contribution < -0.4 is 0 Å². The lowest BCUT2D eigenvalue weighted by Crippen LogP contribution is -2.58. The third kappa shape index (κ3) is 4.22. The Morgan fingerprint density at radius 2 is 1.90 bits per heavy atom. The molecule has 0 aromatic carbocycles. The Balaban J connectivity index is 1.68. The molecule has 3 fully saturated rings. The van der Waals surface area contributed by atoms with Crippen molar-refractivity contribution in [2.24, 2.45) is 34.0 Å². The standard InChI is InChI=1S/C25H38O5S/c1-23(2)12-5-13-25(4)21(23)10-14-24(3)20(8-6-18-11-15-29-16-18)19(7-9-22(24)25)17-30-31(26,27)28/h11,15-17,20-22H,5-10,12-14H2,1-4H3,(H,26,27,28)/t20-,21-,22-,24+,25-/m0/s1. The first-order chi connectivity index (χ1) is 14.5. The van der Waals surface area contributed by atoms with Gasteiger partial charge in [0.15, 0.2) is 0 Å². The summed E-state index contributed by atoms with van der Waals surface area (Å²) in [6.07, 6.45) is 14.8. The van der Waals surface area contributed by atoms with Crippen molar-refractivity contribution in [1.82, 2.24) is 0 Å². The summed E-state index contributed by atoms with van der Waals surface area (Å²) in [6.45, 7) is 9.89. The fourth-order valence-electron chi connectivity index (χ4n) is 8.20. The van der Waals surface area contributed by atoms with E-state index < -0.39 is 10.4 Å². The zero-order valence-electron chi connectivity index (χ0n) is 19.4. The summed E-state index contributed by atoms with van der Waals surface area (Å²) in [5.74, 6) is 1.57. The van der Waals surface area contributed by atoms with E-state index >= 15 is 0 Å². The molecule has 174 valence electrons. The van der Waals surface area contributed by atoms with Crippen LogP contribution in [0.2, 0.25) is 0 Å². The van der Waals surface area contributed by atoms with E-state index in [1.165, 1.54) is 37.5 Å². The van der Waals surface area contributed by atoms with Crippen molar-refractivity contribution >= 4 is 10.4 Å². The highest BCUT2D eigenvalue weighted by molar-refractivity contribution is 7.81. The van der Waals surface area contributed by atoms with Crippen LogP contribution >= 0.6 is 0 Å². The van der Waals surface area contributed by atoms with E-state index in [2.05, 4.69) is 27.7 Å². The van der Waals surface area contributed by atoms with Crippen LogP contribution in [-0.4, -0.2) is 13.0 Å². The van der Waals surface area contributed by atoms with Gasteiger partial charge in [-0.3, -0.25) is 4.55 Å². The second kappa shape index (κ2) is 7.95. The third-order valence-electron chi connectivity index (χ3n) is 9.43. The number of fused-ring (bicyclic) bond motifs is 3. The van der Waals surface area contributed by atoms with Crippen LogP contribution in [0.1, 0.15) is 84.6 Å². The minimum Gasteiger partial charge on any atom is -0.472 e. The molecule has 1 aromatic rings. The van der Waals surface area contributed by atoms with Gasteiger partial charge in [0, 0.05) is 0 Å². The van der Waals surface area contributed by atoms with E-state index in [4.69, 9.17) is 13.2 Å². The van der Waals surface area contributed by atoms with Crippen LogP contribution in [0.5, 0.6) is 0 Å². The van der Waals surface area contributed by atoms with Crippen molar-refractivity contribution in [3.05, 3.63) is 36.0 Å². The summed E-state index contributed by atoms with van der Waals surface area (Å²) < 4.78 is 41.7. The van der Waals surface area contributed by atoms with Crippen LogP contribution in [-0.2, 0) is 21.0 Å². The minimum atomic E-state index is -4.49. The Bertz CT molecular complexity index is 916. The SMILES string of the molecule is CC1(C)CCC[C@]2(C)[C@H]3CCC(=COS(=O)(=O)O)[C@H](CCc4ccoc4)[C@@]3(C)CC[C@@H]12. The molecule has 1 N–H and O–H groups in total. The highest BCUT2D eigenvalue weighted by Crippen LogP contribution is 2.69. The van der Waals surface area contributed by atoms with Crippen LogP contribution in [0, 0.1) is 34.0 Å². The van der Waals surface area contributed by atoms with E-state index in [0.717, 1.165) is 43.6 Å². The van der Waals surface area contributed by atoms with Crippen molar-refractivity contribution in [2.75, 3.05) is 0 Å². The van der Waals surface area contributed by atoms with Gasteiger partial charge < -0.3 is 8.60 Å². The van der Waals surface area contributed by atoms with Gasteiger partial charge in [-0.2, -0.15) is 8.42 Å². The zero-order chi connectivity index (χ0) is 22.5. The van der Waals surface area contributed by atoms with Gasteiger partial charge in [0.25, 0.3) is 0 Å². The number of aryl methyl sites for hydroxylation is 1. The first kappa shape index (κ1) is 22.9. The Labute approximate surface area is 187 Å². The Morgan fingerprint density at radius 1 is 1.13 bits per heavy atom. The molecule has 4 rings (SSSR count). The summed E-state index contributed by atoms with van der Waals surface area (Å²) in [7, 11) is -4.49. The molecule has 3 aliphatic rings. The second-order valence-corrected chi connectivity index (χ2v) is 12.5. The molecule has 0 bridgehead atoms. The molecule has 0 unspecified atom stereocenters. The molecule has 5 atom stereocenters. The van der Waals surface area contributed by atoms with Crippen LogP contribution in [0.3, 0.4) is 0 Å². The maximum atomic E-state index is 11.3. The molecule has 0 aliphatic heterocycles. The molecule has 0 saturated heterocycles. The smallest absolute Gasteiger partial charge is 0.445 e. The first-order valence-corrected chi connectivity index (χ1v) is 13.2. The average Bonchev–Trinajstić information content (AvgIpc) is 3.17. The third-order valence-corrected chi connectivity index (χ3v) is 9.77. The predicted molar refractivity (Wildman–Crippen MR) is 121 cm³/mol. The van der Waals surface area contributed by atoms with Gasteiger partial charge in [-0.25, -0.2) is 0 Å². The van der Waals surface area contributed by atoms with Gasteiger partial charge in [-0.15, -0.1) is 0 Å². The van der Waals surface area contributed by atoms with Gasteiger partial charge in [0.2, 0.25) is 0 Å². The van der Waals surface area contributed by atoms with Crippen molar-refractivity contribution in [2.45, 2.75) is 85.5 Å². The summed E-state index contributed by atoms with van der Waals surface area (Å²) in [5.41, 5.74) is 2.98. The topological polar surface area (TPSA) is 76.7 Å². The largest absolute Gasteiger partial charge is 0.472 e. The van der Waals surface area contributed by atoms with Crippen molar-refractivity contribution in [3.8, 4) is 0 Å². The van der Waals surface area contributed by atoms with E-state index in [-0.39, 0.29) is 11.3 Å². The van der Waals surface area contributed by atoms with Crippen molar-refractivity contribution in [3.63, 3.8) is 0 Å². The van der Waals surface area contributed by atoms with Gasteiger partial charge in [-0.05, 0) is 103 Å². The van der Waals surface area contributed by atoms with Gasteiger partial charge in [0.05, 0.1) is 12.5 Å². The predicted octanol–water partition coefficient (Wildman–Crippen LogP) is 6.57. The first-order valence-electron chi connectivity index (χ1n) is 11.8. The van der Waals surface area contributed by atoms with E-state index in [1.54, 1.807) is 12.5 Å². The molecule has 31 heavy (non-hydrogen) atoms. The highest BCUT2D eigenvalue weighted by atomic mass is 32.3. The highest BCUT2D eigenvalue weighted by Gasteiger charge is 2.61. The van der Waals surface area contributed by atoms with E-state index in [0.29, 0.717) is 16.7 Å². The van der Waals surface area contributed by atoms with E-state index in [1.807, 2.05) is 6.07 Å².